The number of nitrogens with zero attached hydrogens (tertiary/aromatic N) is 2. The van der Waals surface area contributed by atoms with Crippen LogP contribution >= 0.6 is 0 Å². The number of carbonyl (C=O) groups excluding carboxylic acids is 1. The second-order valence-electron chi connectivity index (χ2n) is 4.26. The lowest BCUT2D eigenvalue weighted by Crippen LogP contribution is -2.42. The van der Waals surface area contributed by atoms with Crippen molar-refractivity contribution in [3.8, 4) is 0 Å². The van der Waals surface area contributed by atoms with Crippen molar-refractivity contribution >= 4 is 11.9 Å². The number of guanidine groups is 1. The third-order valence-corrected chi connectivity index (χ3v) is 1.42. The van der Waals surface area contributed by atoms with Gasteiger partial charge in [0.05, 0.1) is 27.6 Å². The molecule has 0 aromatic carbocycles. The van der Waals surface area contributed by atoms with Gasteiger partial charge in [-0.3, -0.25) is 4.79 Å². The summed E-state index contributed by atoms with van der Waals surface area (Å²) in [4.78, 5) is 14.3. The van der Waals surface area contributed by atoms with Gasteiger partial charge in [-0.2, -0.15) is 4.99 Å². The van der Waals surface area contributed by atoms with Crippen molar-refractivity contribution in [2.75, 3.05) is 27.7 Å². The molecule has 0 aromatic rings. The van der Waals surface area contributed by atoms with E-state index in [2.05, 4.69) is 4.99 Å². The van der Waals surface area contributed by atoms with Gasteiger partial charge in [0.2, 0.25) is 0 Å². The first-order chi connectivity index (χ1) is 6.20. The molecule has 0 bridgehead atoms. The van der Waals surface area contributed by atoms with Gasteiger partial charge in [-0.1, -0.05) is 0 Å². The van der Waals surface area contributed by atoms with E-state index in [1.165, 1.54) is 0 Å². The van der Waals surface area contributed by atoms with Gasteiger partial charge in [-0.25, -0.2) is 0 Å². The monoisotopic (exact) mass is 203 g/mol. The van der Waals surface area contributed by atoms with Crippen LogP contribution in [0.5, 0.6) is 0 Å². The molecule has 0 unspecified atom stereocenters. The molecule has 0 aliphatic rings. The van der Waals surface area contributed by atoms with Crippen LogP contribution in [0.1, 0.15) is 6.42 Å². The maximum atomic E-state index is 11.0. The first-order valence-corrected chi connectivity index (χ1v) is 4.31. The van der Waals surface area contributed by atoms with Crippen LogP contribution in [0.25, 0.3) is 0 Å². The SMILES string of the molecule is C[N+](C)(C)C[C@@H](O)CC(=O)N=C(N)N. The fourth-order valence-corrected chi connectivity index (χ4v) is 1.09. The Labute approximate surface area is 83.8 Å². The molecular weight excluding hydrogens is 184 g/mol. The molecule has 5 N–H and O–H groups in total. The van der Waals surface area contributed by atoms with Crippen molar-refractivity contribution in [3.05, 3.63) is 0 Å². The first-order valence-electron chi connectivity index (χ1n) is 4.31. The number of hydrogen-bond acceptors (Lipinski definition) is 2. The van der Waals surface area contributed by atoms with Crippen molar-refractivity contribution in [2.45, 2.75) is 12.5 Å². The standard InChI is InChI=1S/C8H18N4O2/c1-12(2,3)5-6(13)4-7(14)11-8(9)10/h6,13H,4-5H2,1-3H3,(H3-,9,10,11,14)/p+1/t6-/m0/s1. The normalized spacial score (nSPS) is 13.4. The molecule has 0 aliphatic carbocycles. The van der Waals surface area contributed by atoms with Crippen LogP contribution in [0.2, 0.25) is 0 Å². The van der Waals surface area contributed by atoms with Gasteiger partial charge < -0.3 is 21.1 Å². The molecule has 0 heterocycles. The average Bonchev–Trinajstić information content (AvgIpc) is 1.77. The van der Waals surface area contributed by atoms with Gasteiger partial charge in [-0.05, 0) is 0 Å². The lowest BCUT2D eigenvalue weighted by Gasteiger charge is -2.26. The second kappa shape index (κ2) is 4.92. The van der Waals surface area contributed by atoms with Gasteiger partial charge in [0.15, 0.2) is 5.96 Å². The van der Waals surface area contributed by atoms with Gasteiger partial charge in [0, 0.05) is 0 Å². The molecule has 0 rings (SSSR count). The molecule has 0 spiro atoms. The minimum Gasteiger partial charge on any atom is -0.387 e. The molecule has 14 heavy (non-hydrogen) atoms. The number of hydrogen-bond donors (Lipinski definition) is 3. The van der Waals surface area contributed by atoms with E-state index in [1.54, 1.807) is 0 Å². The van der Waals surface area contributed by atoms with Gasteiger partial charge in [-0.15, -0.1) is 0 Å². The summed E-state index contributed by atoms with van der Waals surface area (Å²) < 4.78 is 0.580. The number of rotatable bonds is 4. The third kappa shape index (κ3) is 7.51. The van der Waals surface area contributed by atoms with Gasteiger partial charge in [0.1, 0.15) is 12.6 Å². The minimum atomic E-state index is -0.717. The molecule has 0 saturated heterocycles. The molecule has 0 fully saturated rings. The van der Waals surface area contributed by atoms with E-state index >= 15 is 0 Å². The van der Waals surface area contributed by atoms with Crippen molar-refractivity contribution in [1.29, 1.82) is 0 Å². The Morgan fingerprint density at radius 2 is 1.93 bits per heavy atom. The molecule has 0 saturated carbocycles. The molecule has 6 nitrogen and oxygen atoms in total. The van der Waals surface area contributed by atoms with Crippen LogP contribution in [0.3, 0.4) is 0 Å². The molecule has 0 radical (unpaired) electrons. The predicted molar refractivity (Wildman–Crippen MR) is 54.3 cm³/mol. The number of aliphatic imine (C=N–C) groups is 1. The number of carbonyl (C=O) groups is 1. The molecule has 82 valence electrons. The van der Waals surface area contributed by atoms with Crippen LogP contribution < -0.4 is 11.5 Å². The summed E-state index contributed by atoms with van der Waals surface area (Å²) in [5.41, 5.74) is 10.0. The van der Waals surface area contributed by atoms with E-state index in [0.29, 0.717) is 11.0 Å². The smallest absolute Gasteiger partial charge is 0.251 e. The highest BCUT2D eigenvalue weighted by Crippen LogP contribution is 2.00. The van der Waals surface area contributed by atoms with Crippen LogP contribution in [0, 0.1) is 0 Å². The summed E-state index contributed by atoms with van der Waals surface area (Å²) in [5, 5.41) is 9.48. The van der Waals surface area contributed by atoms with Crippen molar-refractivity contribution < 1.29 is 14.4 Å². The topological polar surface area (TPSA) is 102 Å². The lowest BCUT2D eigenvalue weighted by molar-refractivity contribution is -0.873. The van der Waals surface area contributed by atoms with E-state index in [9.17, 15) is 9.90 Å². The van der Waals surface area contributed by atoms with Crippen LogP contribution in [0.15, 0.2) is 4.99 Å². The molecule has 0 aromatic heterocycles. The van der Waals surface area contributed by atoms with Crippen LogP contribution in [-0.4, -0.2) is 55.2 Å². The summed E-state index contributed by atoms with van der Waals surface area (Å²) in [5.74, 6) is -0.765. The third-order valence-electron chi connectivity index (χ3n) is 1.42. The Kier molecular flexibility index (Phi) is 4.52. The molecular formula is C8H19N4O2+. The second-order valence-corrected chi connectivity index (χ2v) is 4.26. The van der Waals surface area contributed by atoms with Gasteiger partial charge >= 0.3 is 0 Å². The van der Waals surface area contributed by atoms with Crippen LogP contribution in [-0.2, 0) is 4.79 Å². The highest BCUT2D eigenvalue weighted by molar-refractivity contribution is 5.91. The van der Waals surface area contributed by atoms with E-state index in [0.717, 1.165) is 0 Å². The highest BCUT2D eigenvalue weighted by atomic mass is 16.3. The highest BCUT2D eigenvalue weighted by Gasteiger charge is 2.18. The van der Waals surface area contributed by atoms with Crippen molar-refractivity contribution in [1.82, 2.24) is 0 Å². The first kappa shape index (κ1) is 12.9. The molecule has 0 aliphatic heterocycles. The van der Waals surface area contributed by atoms with E-state index < -0.39 is 12.0 Å². The number of likely N-dealkylation sites (N-methyl/N-ethyl adjacent to an activating group) is 1. The Hall–Kier alpha value is -1.14. The Bertz CT molecular complexity index is 228. The van der Waals surface area contributed by atoms with E-state index in [1.807, 2.05) is 21.1 Å². The molecule has 1 amide bonds. The summed E-state index contributed by atoms with van der Waals surface area (Å²) in [6.07, 6.45) is -0.765. The molecule has 6 heteroatoms. The fourth-order valence-electron chi connectivity index (χ4n) is 1.09. The largest absolute Gasteiger partial charge is 0.387 e. The summed E-state index contributed by atoms with van der Waals surface area (Å²) in [6.45, 7) is 0.478. The molecule has 1 atom stereocenters. The number of quaternary nitrogens is 1. The summed E-state index contributed by atoms with van der Waals surface area (Å²) in [7, 11) is 5.77. The Morgan fingerprint density at radius 1 is 1.43 bits per heavy atom. The number of aliphatic hydroxyl groups excluding tert-OH is 1. The summed E-state index contributed by atoms with van der Waals surface area (Å²) in [6, 6.07) is 0. The van der Waals surface area contributed by atoms with E-state index in [4.69, 9.17) is 11.5 Å². The van der Waals surface area contributed by atoms with Crippen molar-refractivity contribution in [2.24, 2.45) is 16.5 Å². The Balaban J connectivity index is 4.02. The maximum Gasteiger partial charge on any atom is 0.251 e. The maximum absolute atomic E-state index is 11.0. The van der Waals surface area contributed by atoms with E-state index in [-0.39, 0.29) is 12.4 Å². The van der Waals surface area contributed by atoms with Crippen molar-refractivity contribution in [3.63, 3.8) is 0 Å². The van der Waals surface area contributed by atoms with Gasteiger partial charge in [0.25, 0.3) is 5.91 Å². The quantitative estimate of drug-likeness (QED) is 0.286. The zero-order valence-electron chi connectivity index (χ0n) is 8.90. The zero-order chi connectivity index (χ0) is 11.4. The van der Waals surface area contributed by atoms with Crippen LogP contribution in [0.4, 0.5) is 0 Å². The Morgan fingerprint density at radius 3 is 2.29 bits per heavy atom. The predicted octanol–water partition coefficient (Wildman–Crippen LogP) is -1.76. The number of nitrogens with two attached hydrogens (primary N) is 2. The lowest BCUT2D eigenvalue weighted by atomic mass is 10.2. The zero-order valence-corrected chi connectivity index (χ0v) is 8.90. The fraction of sp³-hybridized carbons (Fsp3) is 0.750. The minimum absolute atomic E-state index is 0.0482. The summed E-state index contributed by atoms with van der Waals surface area (Å²) >= 11 is 0. The number of amides is 1. The number of aliphatic hydroxyl groups is 1. The average molecular weight is 203 g/mol.